The lowest BCUT2D eigenvalue weighted by atomic mass is 9.92. The summed E-state index contributed by atoms with van der Waals surface area (Å²) in [6, 6.07) is 3.93. The minimum Gasteiger partial charge on any atom is -0.493 e. The summed E-state index contributed by atoms with van der Waals surface area (Å²) in [7, 11) is 1.50. The van der Waals surface area contributed by atoms with Crippen molar-refractivity contribution in [1.82, 2.24) is 5.32 Å². The van der Waals surface area contributed by atoms with Crippen molar-refractivity contribution in [2.75, 3.05) is 20.3 Å². The van der Waals surface area contributed by atoms with Crippen LogP contribution in [0.25, 0.3) is 0 Å². The molecule has 0 aliphatic carbocycles. The summed E-state index contributed by atoms with van der Waals surface area (Å²) in [5, 5.41) is 12.9. The number of rotatable bonds is 5. The molecular weight excluding hydrogens is 270 g/mol. The number of carbonyl (C=O) groups is 1. The lowest BCUT2D eigenvalue weighted by Crippen LogP contribution is -2.34. The highest BCUT2D eigenvalue weighted by molar-refractivity contribution is 5.78. The molecule has 1 aliphatic heterocycles. The molecule has 5 heteroatoms. The van der Waals surface area contributed by atoms with Crippen LogP contribution in [0.3, 0.4) is 0 Å². The Morgan fingerprint density at radius 3 is 2.95 bits per heavy atom. The Morgan fingerprint density at radius 1 is 1.57 bits per heavy atom. The molecule has 21 heavy (non-hydrogen) atoms. The summed E-state index contributed by atoms with van der Waals surface area (Å²) in [5.74, 6) is 0.562. The van der Waals surface area contributed by atoms with Crippen LogP contribution in [-0.4, -0.2) is 31.3 Å². The number of hydrogen-bond donors (Lipinski definition) is 2. The second kappa shape index (κ2) is 6.91. The van der Waals surface area contributed by atoms with Crippen LogP contribution in [0, 0.1) is 0 Å². The Hall–Kier alpha value is -1.59. The number of amides is 1. The first-order valence-electron chi connectivity index (χ1n) is 7.32. The molecule has 5 nitrogen and oxygen atoms in total. The monoisotopic (exact) mass is 293 g/mol. The Kier molecular flexibility index (Phi) is 5.20. The molecule has 2 unspecified atom stereocenters. The fraction of sp³-hybridized carbons (Fsp3) is 0.562. The van der Waals surface area contributed by atoms with E-state index in [0.717, 1.165) is 29.5 Å². The molecule has 0 radical (unpaired) electrons. The van der Waals surface area contributed by atoms with E-state index in [0.29, 0.717) is 12.4 Å². The van der Waals surface area contributed by atoms with Gasteiger partial charge in [0.2, 0.25) is 5.91 Å². The Bertz CT molecular complexity index is 513. The van der Waals surface area contributed by atoms with Gasteiger partial charge in [-0.15, -0.1) is 0 Å². The zero-order valence-electron chi connectivity index (χ0n) is 12.8. The zero-order chi connectivity index (χ0) is 15.4. The average Bonchev–Trinajstić information content (AvgIpc) is 2.46. The van der Waals surface area contributed by atoms with Gasteiger partial charge in [-0.05, 0) is 25.0 Å². The fourth-order valence-electron chi connectivity index (χ4n) is 2.63. The third-order valence-electron chi connectivity index (χ3n) is 3.70. The third-order valence-corrected chi connectivity index (χ3v) is 3.70. The molecule has 2 atom stereocenters. The number of aliphatic hydroxyl groups is 1. The van der Waals surface area contributed by atoms with Crippen LogP contribution in [0.15, 0.2) is 12.1 Å². The maximum absolute atomic E-state index is 11.8. The van der Waals surface area contributed by atoms with Gasteiger partial charge in [0.25, 0.3) is 0 Å². The normalized spacial score (nSPS) is 18.6. The van der Waals surface area contributed by atoms with Gasteiger partial charge in [0.05, 0.1) is 18.8 Å². The highest BCUT2D eigenvalue weighted by atomic mass is 16.5. The Morgan fingerprint density at radius 2 is 2.33 bits per heavy atom. The molecular formula is C16H23NO4. The van der Waals surface area contributed by atoms with E-state index >= 15 is 0 Å². The fourth-order valence-corrected chi connectivity index (χ4v) is 2.63. The summed E-state index contributed by atoms with van der Waals surface area (Å²) in [6.07, 6.45) is 0.985. The van der Waals surface area contributed by atoms with Crippen LogP contribution < -0.4 is 10.1 Å². The topological polar surface area (TPSA) is 67.8 Å². The predicted molar refractivity (Wildman–Crippen MR) is 79.3 cm³/mol. The molecule has 1 amide bonds. The van der Waals surface area contributed by atoms with Gasteiger partial charge >= 0.3 is 0 Å². The van der Waals surface area contributed by atoms with Crippen LogP contribution in [0.1, 0.15) is 49.1 Å². The molecule has 0 aromatic heterocycles. The van der Waals surface area contributed by atoms with Crippen LogP contribution in [0.5, 0.6) is 5.75 Å². The van der Waals surface area contributed by atoms with E-state index in [1.54, 1.807) is 6.92 Å². The van der Waals surface area contributed by atoms with Gasteiger partial charge in [-0.25, -0.2) is 0 Å². The predicted octanol–water partition coefficient (Wildman–Crippen LogP) is 1.89. The van der Waals surface area contributed by atoms with E-state index in [1.165, 1.54) is 7.11 Å². The molecule has 1 aromatic rings. The number of nitrogens with one attached hydrogen (secondary N) is 1. The van der Waals surface area contributed by atoms with Crippen LogP contribution in [0.4, 0.5) is 0 Å². The smallest absolute Gasteiger partial charge is 0.246 e. The van der Waals surface area contributed by atoms with Crippen LogP contribution >= 0.6 is 0 Å². The first-order chi connectivity index (χ1) is 10.1. The van der Waals surface area contributed by atoms with Crippen molar-refractivity contribution in [3.05, 3.63) is 28.8 Å². The molecule has 1 heterocycles. The molecule has 0 fully saturated rings. The van der Waals surface area contributed by atoms with E-state index in [9.17, 15) is 9.90 Å². The number of ether oxygens (including phenoxy) is 2. The maximum Gasteiger partial charge on any atom is 0.246 e. The number of fused-ring (bicyclic) bond motifs is 1. The van der Waals surface area contributed by atoms with Gasteiger partial charge < -0.3 is 19.9 Å². The molecule has 0 spiro atoms. The number of carbonyl (C=O) groups excluding carboxylic acids is 1. The minimum atomic E-state index is -0.598. The van der Waals surface area contributed by atoms with Gasteiger partial charge in [-0.2, -0.15) is 0 Å². The number of aryl methyl sites for hydroxylation is 1. The Balaban J connectivity index is 2.36. The van der Waals surface area contributed by atoms with Crippen LogP contribution in [-0.2, 0) is 16.0 Å². The number of aliphatic hydroxyl groups excluding tert-OH is 1. The van der Waals surface area contributed by atoms with Gasteiger partial charge in [-0.3, -0.25) is 4.79 Å². The van der Waals surface area contributed by atoms with E-state index < -0.39 is 6.10 Å². The average molecular weight is 293 g/mol. The van der Waals surface area contributed by atoms with Crippen molar-refractivity contribution < 1.29 is 19.4 Å². The summed E-state index contributed by atoms with van der Waals surface area (Å²) in [6.45, 7) is 4.36. The van der Waals surface area contributed by atoms with E-state index in [1.807, 2.05) is 6.07 Å². The largest absolute Gasteiger partial charge is 0.493 e. The summed E-state index contributed by atoms with van der Waals surface area (Å²) in [5.41, 5.74) is 2.86. The highest BCUT2D eigenvalue weighted by Gasteiger charge is 2.27. The molecule has 0 bridgehead atoms. The molecule has 116 valence electrons. The lowest BCUT2D eigenvalue weighted by molar-refractivity contribution is -0.125. The number of methoxy groups -OCH3 is 1. The van der Waals surface area contributed by atoms with E-state index in [-0.39, 0.29) is 18.6 Å². The second-order valence-electron chi connectivity index (χ2n) is 5.32. The SMILES string of the molecule is CCc1cc(C(C)O)c2c(c1)C(NC(=O)COC)CCO2. The Labute approximate surface area is 125 Å². The van der Waals surface area contributed by atoms with Gasteiger partial charge in [0.15, 0.2) is 0 Å². The van der Waals surface area contributed by atoms with Gasteiger partial charge in [-0.1, -0.05) is 13.0 Å². The summed E-state index contributed by atoms with van der Waals surface area (Å²) in [4.78, 5) is 11.8. The second-order valence-corrected chi connectivity index (χ2v) is 5.32. The third kappa shape index (κ3) is 3.54. The first kappa shape index (κ1) is 15.8. The molecule has 0 saturated heterocycles. The van der Waals surface area contributed by atoms with E-state index in [2.05, 4.69) is 18.3 Å². The maximum atomic E-state index is 11.8. The van der Waals surface area contributed by atoms with Crippen molar-refractivity contribution in [3.8, 4) is 5.75 Å². The standard InChI is InChI=1S/C16H23NO4/c1-4-11-7-12(10(2)18)16-13(8-11)14(5-6-21-16)17-15(19)9-20-3/h7-8,10,14,18H,4-6,9H2,1-3H3,(H,17,19). The van der Waals surface area contributed by atoms with Crippen molar-refractivity contribution in [2.45, 2.75) is 38.8 Å². The minimum absolute atomic E-state index is 0.0451. The van der Waals surface area contributed by atoms with Crippen LogP contribution in [0.2, 0.25) is 0 Å². The molecule has 2 N–H and O–H groups in total. The molecule has 0 saturated carbocycles. The van der Waals surface area contributed by atoms with Crippen molar-refractivity contribution >= 4 is 5.91 Å². The number of benzene rings is 1. The van der Waals surface area contributed by atoms with Crippen molar-refractivity contribution in [1.29, 1.82) is 0 Å². The molecule has 2 rings (SSSR count). The quantitative estimate of drug-likeness (QED) is 0.870. The molecule has 1 aromatic carbocycles. The van der Waals surface area contributed by atoms with Gasteiger partial charge in [0, 0.05) is 24.7 Å². The summed E-state index contributed by atoms with van der Waals surface area (Å²) < 4.78 is 10.6. The lowest BCUT2D eigenvalue weighted by Gasteiger charge is -2.29. The summed E-state index contributed by atoms with van der Waals surface area (Å²) >= 11 is 0. The zero-order valence-corrected chi connectivity index (χ0v) is 12.8. The first-order valence-corrected chi connectivity index (χ1v) is 7.32. The number of hydrogen-bond acceptors (Lipinski definition) is 4. The van der Waals surface area contributed by atoms with E-state index in [4.69, 9.17) is 9.47 Å². The molecule has 1 aliphatic rings. The highest BCUT2D eigenvalue weighted by Crippen LogP contribution is 2.38. The van der Waals surface area contributed by atoms with Crippen molar-refractivity contribution in [2.24, 2.45) is 0 Å². The van der Waals surface area contributed by atoms with Crippen molar-refractivity contribution in [3.63, 3.8) is 0 Å². The van der Waals surface area contributed by atoms with Gasteiger partial charge in [0.1, 0.15) is 12.4 Å².